The van der Waals surface area contributed by atoms with E-state index in [1.54, 1.807) is 24.3 Å². The monoisotopic (exact) mass is 268 g/mol. The molecule has 3 aromatic rings. The molecule has 1 aromatic carbocycles. The molecule has 2 heterocycles. The molecule has 0 N–H and O–H groups in total. The maximum absolute atomic E-state index is 12.1. The third-order valence-electron chi connectivity index (χ3n) is 2.63. The van der Waals surface area contributed by atoms with Crippen LogP contribution in [0.25, 0.3) is 10.9 Å². The SMILES string of the molecule is O=C(On1nnc2ccccc2c1=O)c1ccncc1. The van der Waals surface area contributed by atoms with Gasteiger partial charge in [-0.25, -0.2) is 4.79 Å². The summed E-state index contributed by atoms with van der Waals surface area (Å²) in [6, 6.07) is 9.62. The van der Waals surface area contributed by atoms with E-state index in [0.29, 0.717) is 15.7 Å². The number of carbonyl (C=O) groups excluding carboxylic acids is 1. The van der Waals surface area contributed by atoms with Gasteiger partial charge in [-0.05, 0) is 34.3 Å². The maximum Gasteiger partial charge on any atom is 0.366 e. The zero-order valence-electron chi connectivity index (χ0n) is 10.1. The topological polar surface area (TPSA) is 87.0 Å². The highest BCUT2D eigenvalue weighted by molar-refractivity contribution is 5.89. The fourth-order valence-electron chi connectivity index (χ4n) is 1.65. The molecule has 0 fully saturated rings. The number of fused-ring (bicyclic) bond motifs is 1. The molecular formula is C13H8N4O3. The first kappa shape index (κ1) is 12.0. The van der Waals surface area contributed by atoms with Crippen molar-refractivity contribution in [3.63, 3.8) is 0 Å². The highest BCUT2D eigenvalue weighted by Crippen LogP contribution is 2.03. The van der Waals surface area contributed by atoms with Gasteiger partial charge in [-0.15, -0.1) is 5.10 Å². The highest BCUT2D eigenvalue weighted by Gasteiger charge is 2.12. The number of hydrogen-bond acceptors (Lipinski definition) is 6. The van der Waals surface area contributed by atoms with E-state index in [9.17, 15) is 9.59 Å². The first-order valence-electron chi connectivity index (χ1n) is 5.73. The smallest absolute Gasteiger partial charge is 0.309 e. The van der Waals surface area contributed by atoms with Crippen molar-refractivity contribution in [2.75, 3.05) is 0 Å². The van der Waals surface area contributed by atoms with Crippen molar-refractivity contribution in [1.29, 1.82) is 0 Å². The number of carbonyl (C=O) groups is 1. The predicted octanol–water partition coefficient (Wildman–Crippen LogP) is 0.455. The Morgan fingerprint density at radius 3 is 2.65 bits per heavy atom. The Balaban J connectivity index is 1.98. The van der Waals surface area contributed by atoms with Gasteiger partial charge >= 0.3 is 11.5 Å². The second-order valence-corrected chi connectivity index (χ2v) is 3.90. The molecule has 98 valence electrons. The fourth-order valence-corrected chi connectivity index (χ4v) is 1.65. The molecule has 0 bridgehead atoms. The summed E-state index contributed by atoms with van der Waals surface area (Å²) < 4.78 is 0. The lowest BCUT2D eigenvalue weighted by Crippen LogP contribution is -2.33. The fraction of sp³-hybridized carbons (Fsp3) is 0. The van der Waals surface area contributed by atoms with Gasteiger partial charge in [0.05, 0.1) is 10.9 Å². The molecular weight excluding hydrogens is 260 g/mol. The van der Waals surface area contributed by atoms with E-state index in [1.807, 2.05) is 0 Å². The molecule has 2 aromatic heterocycles. The number of hydrogen-bond donors (Lipinski definition) is 0. The Labute approximate surface area is 112 Å². The largest absolute Gasteiger partial charge is 0.366 e. The Morgan fingerprint density at radius 2 is 1.85 bits per heavy atom. The van der Waals surface area contributed by atoms with Crippen LogP contribution in [0.3, 0.4) is 0 Å². The van der Waals surface area contributed by atoms with Crippen molar-refractivity contribution in [2.45, 2.75) is 0 Å². The molecule has 0 aliphatic rings. The Bertz CT molecular complexity index is 830. The van der Waals surface area contributed by atoms with E-state index >= 15 is 0 Å². The number of nitrogens with zero attached hydrogens (tertiary/aromatic N) is 4. The summed E-state index contributed by atoms with van der Waals surface area (Å²) in [4.78, 5) is 33.2. The van der Waals surface area contributed by atoms with Crippen LogP contribution in [0.2, 0.25) is 0 Å². The maximum atomic E-state index is 12.1. The summed E-state index contributed by atoms with van der Waals surface area (Å²) in [6.45, 7) is 0. The molecule has 7 nitrogen and oxygen atoms in total. The van der Waals surface area contributed by atoms with Crippen LogP contribution in [0, 0.1) is 0 Å². The van der Waals surface area contributed by atoms with Crippen molar-refractivity contribution in [1.82, 2.24) is 20.1 Å². The van der Waals surface area contributed by atoms with Crippen LogP contribution in [0.5, 0.6) is 0 Å². The van der Waals surface area contributed by atoms with Gasteiger partial charge in [-0.2, -0.15) is 0 Å². The van der Waals surface area contributed by atoms with Crippen LogP contribution in [-0.2, 0) is 0 Å². The number of benzene rings is 1. The number of pyridine rings is 1. The summed E-state index contributed by atoms with van der Waals surface area (Å²) >= 11 is 0. The minimum Gasteiger partial charge on any atom is -0.309 e. The number of rotatable bonds is 2. The van der Waals surface area contributed by atoms with E-state index < -0.39 is 11.5 Å². The molecule has 20 heavy (non-hydrogen) atoms. The van der Waals surface area contributed by atoms with Crippen LogP contribution in [0.4, 0.5) is 0 Å². The zero-order valence-corrected chi connectivity index (χ0v) is 10.1. The average Bonchev–Trinajstić information content (AvgIpc) is 2.51. The van der Waals surface area contributed by atoms with Crippen molar-refractivity contribution < 1.29 is 9.63 Å². The first-order chi connectivity index (χ1) is 9.75. The molecule has 7 heteroatoms. The van der Waals surface area contributed by atoms with Crippen molar-refractivity contribution >= 4 is 16.9 Å². The summed E-state index contributed by atoms with van der Waals surface area (Å²) in [5.74, 6) is -0.709. The zero-order chi connectivity index (χ0) is 13.9. The average molecular weight is 268 g/mol. The van der Waals surface area contributed by atoms with Gasteiger partial charge in [0.25, 0.3) is 0 Å². The lowest BCUT2D eigenvalue weighted by molar-refractivity contribution is 0.0350. The second-order valence-electron chi connectivity index (χ2n) is 3.90. The predicted molar refractivity (Wildman–Crippen MR) is 68.9 cm³/mol. The van der Waals surface area contributed by atoms with E-state index in [1.165, 1.54) is 24.5 Å². The van der Waals surface area contributed by atoms with Gasteiger partial charge in [0.1, 0.15) is 5.52 Å². The summed E-state index contributed by atoms with van der Waals surface area (Å²) in [7, 11) is 0. The quantitative estimate of drug-likeness (QED) is 0.627. The van der Waals surface area contributed by atoms with Crippen molar-refractivity contribution in [3.05, 3.63) is 64.7 Å². The molecule has 0 aliphatic heterocycles. The molecule has 0 saturated heterocycles. The van der Waals surface area contributed by atoms with E-state index in [-0.39, 0.29) is 5.56 Å². The summed E-state index contributed by atoms with van der Waals surface area (Å²) in [6.07, 6.45) is 2.90. The van der Waals surface area contributed by atoms with Crippen LogP contribution < -0.4 is 10.4 Å². The van der Waals surface area contributed by atoms with Gasteiger partial charge in [0, 0.05) is 12.4 Å². The van der Waals surface area contributed by atoms with Crippen molar-refractivity contribution in [2.24, 2.45) is 0 Å². The first-order valence-corrected chi connectivity index (χ1v) is 5.73. The number of aromatic nitrogens is 4. The van der Waals surface area contributed by atoms with Crippen LogP contribution in [0.15, 0.2) is 53.6 Å². The standard InChI is InChI=1S/C13H8N4O3/c18-12-10-3-1-2-4-11(10)15-16-17(12)20-13(19)9-5-7-14-8-6-9/h1-8H. The van der Waals surface area contributed by atoms with E-state index in [4.69, 9.17) is 4.84 Å². The Kier molecular flexibility index (Phi) is 2.92. The van der Waals surface area contributed by atoms with Gasteiger partial charge in [-0.3, -0.25) is 9.78 Å². The van der Waals surface area contributed by atoms with Gasteiger partial charge < -0.3 is 4.84 Å². The Hall–Kier alpha value is -3.09. The second kappa shape index (κ2) is 4.88. The Morgan fingerprint density at radius 1 is 1.10 bits per heavy atom. The molecule has 3 rings (SSSR count). The lowest BCUT2D eigenvalue weighted by Gasteiger charge is -2.04. The molecule has 0 amide bonds. The van der Waals surface area contributed by atoms with E-state index in [0.717, 1.165) is 0 Å². The lowest BCUT2D eigenvalue weighted by atomic mass is 10.2. The van der Waals surface area contributed by atoms with Gasteiger partial charge in [-0.1, -0.05) is 12.1 Å². The normalized spacial score (nSPS) is 10.4. The van der Waals surface area contributed by atoms with Gasteiger partial charge in [0.2, 0.25) is 0 Å². The third kappa shape index (κ3) is 2.12. The molecule has 0 atom stereocenters. The van der Waals surface area contributed by atoms with E-state index in [2.05, 4.69) is 15.3 Å². The molecule has 0 spiro atoms. The summed E-state index contributed by atoms with van der Waals surface area (Å²) in [5.41, 5.74) is 0.161. The third-order valence-corrected chi connectivity index (χ3v) is 2.63. The highest BCUT2D eigenvalue weighted by atomic mass is 16.7. The van der Waals surface area contributed by atoms with Crippen molar-refractivity contribution in [3.8, 4) is 0 Å². The van der Waals surface area contributed by atoms with Gasteiger partial charge in [0.15, 0.2) is 0 Å². The molecule has 0 aliphatic carbocycles. The van der Waals surface area contributed by atoms with Crippen LogP contribution in [-0.4, -0.2) is 26.1 Å². The minimum absolute atomic E-state index is 0.266. The molecule has 0 unspecified atom stereocenters. The van der Waals surface area contributed by atoms with Crippen LogP contribution >= 0.6 is 0 Å². The summed E-state index contributed by atoms with van der Waals surface area (Å²) in [5, 5.41) is 7.70. The molecule has 0 radical (unpaired) electrons. The molecule has 0 saturated carbocycles. The van der Waals surface area contributed by atoms with Crippen LogP contribution in [0.1, 0.15) is 10.4 Å². The minimum atomic E-state index is -0.709.